The zero-order valence-corrected chi connectivity index (χ0v) is 22.5. The molecule has 0 N–H and O–H groups in total. The van der Waals surface area contributed by atoms with Gasteiger partial charge in [-0.2, -0.15) is 0 Å². The number of hydrogen-bond acceptors (Lipinski definition) is 3. The van der Waals surface area contributed by atoms with Crippen LogP contribution in [0.4, 0.5) is 0 Å². The molecule has 2 atom stereocenters. The van der Waals surface area contributed by atoms with Crippen LogP contribution in [-0.4, -0.2) is 34.3 Å². The van der Waals surface area contributed by atoms with Crippen molar-refractivity contribution < 1.29 is 14.4 Å². The fourth-order valence-corrected chi connectivity index (χ4v) is 10.1. The Morgan fingerprint density at radius 1 is 0.615 bits per heavy atom. The van der Waals surface area contributed by atoms with E-state index in [4.69, 9.17) is 0 Å². The average Bonchev–Trinajstić information content (AvgIpc) is 3.26. The van der Waals surface area contributed by atoms with Crippen LogP contribution in [0.2, 0.25) is 0 Å². The van der Waals surface area contributed by atoms with Gasteiger partial charge in [0.1, 0.15) is 0 Å². The first-order valence-electron chi connectivity index (χ1n) is 13.5. The molecule has 1 saturated carbocycles. The van der Waals surface area contributed by atoms with E-state index in [-0.39, 0.29) is 17.6 Å². The molecule has 0 bridgehead atoms. The highest BCUT2D eigenvalue weighted by Crippen LogP contribution is 2.45. The molecule has 2 aliphatic rings. The maximum absolute atomic E-state index is 14.5. The van der Waals surface area contributed by atoms with Gasteiger partial charge in [0.15, 0.2) is 5.78 Å². The van der Waals surface area contributed by atoms with Crippen LogP contribution in [0, 0.1) is 5.92 Å². The van der Waals surface area contributed by atoms with Crippen LogP contribution < -0.4 is 15.9 Å². The summed E-state index contributed by atoms with van der Waals surface area (Å²) in [6, 6.07) is 37.3. The summed E-state index contributed by atoms with van der Waals surface area (Å²) in [6.45, 7) is -2.49. The molecule has 39 heavy (non-hydrogen) atoms. The number of imide groups is 1. The largest absolute Gasteiger partial charge is 0.294 e. The van der Waals surface area contributed by atoms with Gasteiger partial charge in [-0.05, 0) is 53.6 Å². The maximum atomic E-state index is 14.5. The molecule has 1 fully saturated rings. The highest BCUT2D eigenvalue weighted by molar-refractivity contribution is 7.95. The average molecular weight is 532 g/mol. The second kappa shape index (κ2) is 10.6. The predicted octanol–water partition coefficient (Wildman–Crippen LogP) is 5.21. The summed E-state index contributed by atoms with van der Waals surface area (Å²) in [4.78, 5) is 42.7. The minimum atomic E-state index is -2.49. The van der Waals surface area contributed by atoms with Crippen molar-refractivity contribution in [1.82, 2.24) is 4.90 Å². The third-order valence-electron chi connectivity index (χ3n) is 8.06. The fourth-order valence-electron chi connectivity index (χ4n) is 6.21. The highest BCUT2D eigenvalue weighted by Gasteiger charge is 2.45. The summed E-state index contributed by atoms with van der Waals surface area (Å²) < 4.78 is 0. The summed E-state index contributed by atoms with van der Waals surface area (Å²) in [5.74, 6) is 0.984. The Kier molecular flexibility index (Phi) is 6.89. The molecule has 5 heteroatoms. The summed E-state index contributed by atoms with van der Waals surface area (Å²) in [5.41, 5.74) is 0.867. The van der Waals surface area contributed by atoms with Crippen molar-refractivity contribution >= 4 is 46.2 Å². The van der Waals surface area contributed by atoms with Gasteiger partial charge < -0.3 is 0 Å². The third kappa shape index (κ3) is 4.39. The van der Waals surface area contributed by atoms with Crippen LogP contribution in [0.15, 0.2) is 115 Å². The van der Waals surface area contributed by atoms with Gasteiger partial charge in [-0.3, -0.25) is 19.3 Å². The monoisotopic (exact) mass is 531 g/mol. The summed E-state index contributed by atoms with van der Waals surface area (Å²) in [6.07, 6.45) is 3.09. The molecule has 1 aliphatic heterocycles. The predicted molar refractivity (Wildman–Crippen MR) is 159 cm³/mol. The molecule has 0 radical (unpaired) electrons. The highest BCUT2D eigenvalue weighted by atomic mass is 31.2. The number of benzene rings is 4. The molecular weight excluding hydrogens is 501 g/mol. The van der Waals surface area contributed by atoms with E-state index >= 15 is 0 Å². The molecule has 2 amide bonds. The molecular formula is C34H30NO3P. The number of fused-ring (bicyclic) bond motifs is 1. The fraction of sp³-hybridized carbons (Fsp3) is 0.176. The third-order valence-corrected chi connectivity index (χ3v) is 12.0. The van der Waals surface area contributed by atoms with E-state index in [0.29, 0.717) is 24.0 Å². The molecule has 0 spiro atoms. The molecule has 4 nitrogen and oxygen atoms in total. The second-order valence-electron chi connectivity index (χ2n) is 10.2. The van der Waals surface area contributed by atoms with Crippen molar-refractivity contribution in [1.29, 1.82) is 0 Å². The number of amides is 2. The van der Waals surface area contributed by atoms with Gasteiger partial charge in [-0.15, -0.1) is 0 Å². The minimum absolute atomic E-state index is 0.0150. The van der Waals surface area contributed by atoms with Crippen LogP contribution in [0.3, 0.4) is 0 Å². The molecule has 1 heterocycles. The summed E-state index contributed by atoms with van der Waals surface area (Å²) in [7, 11) is 0. The zero-order valence-electron chi connectivity index (χ0n) is 21.6. The van der Waals surface area contributed by atoms with Gasteiger partial charge in [0.2, 0.25) is 0 Å². The number of Topliss-reactive ketones (excluding diaryl/α,β-unsaturated/α-hetero) is 1. The Labute approximate surface area is 229 Å². The zero-order chi connectivity index (χ0) is 26.8. The van der Waals surface area contributed by atoms with Crippen LogP contribution >= 0.6 is 6.89 Å². The number of rotatable bonds is 6. The molecule has 0 saturated heterocycles. The van der Waals surface area contributed by atoms with Crippen LogP contribution in [-0.2, 0) is 4.79 Å². The summed E-state index contributed by atoms with van der Waals surface area (Å²) in [5, 5.41) is 3.30. The van der Waals surface area contributed by atoms with E-state index < -0.39 is 18.8 Å². The normalized spacial score (nSPS) is 19.0. The van der Waals surface area contributed by atoms with Gasteiger partial charge in [0.05, 0.1) is 17.2 Å². The van der Waals surface area contributed by atoms with Gasteiger partial charge in [-0.25, -0.2) is 0 Å². The Hall–Kier alpha value is -4.01. The molecule has 6 rings (SSSR count). The SMILES string of the molecule is O=C(C=P(c1ccccc1)(c1ccccc1)c1ccccc1)[C@@H]1CCCC[C@H]1N1C(=O)c2ccccc2C1=O. The van der Waals surface area contributed by atoms with Crippen molar-refractivity contribution in [2.24, 2.45) is 5.92 Å². The molecule has 4 aromatic carbocycles. The van der Waals surface area contributed by atoms with Crippen molar-refractivity contribution in [3.63, 3.8) is 0 Å². The first kappa shape index (κ1) is 25.3. The van der Waals surface area contributed by atoms with E-state index in [1.807, 2.05) is 60.4 Å². The molecule has 4 aromatic rings. The Balaban J connectivity index is 1.51. The lowest BCUT2D eigenvalue weighted by atomic mass is 9.81. The van der Waals surface area contributed by atoms with Crippen molar-refractivity contribution in [3.8, 4) is 0 Å². The number of hydrogen-bond donors (Lipinski definition) is 0. The van der Waals surface area contributed by atoms with Crippen LogP contribution in [0.5, 0.6) is 0 Å². The smallest absolute Gasteiger partial charge is 0.261 e. The Bertz CT molecular complexity index is 1440. The molecule has 194 valence electrons. The van der Waals surface area contributed by atoms with E-state index in [1.165, 1.54) is 4.90 Å². The lowest BCUT2D eigenvalue weighted by Gasteiger charge is -2.36. The molecule has 0 aromatic heterocycles. The molecule has 1 aliphatic carbocycles. The quantitative estimate of drug-likeness (QED) is 0.254. The minimum Gasteiger partial charge on any atom is -0.294 e. The first-order chi connectivity index (χ1) is 19.1. The van der Waals surface area contributed by atoms with Gasteiger partial charge in [-0.1, -0.05) is 116 Å². The Morgan fingerprint density at radius 3 is 1.49 bits per heavy atom. The van der Waals surface area contributed by atoms with Gasteiger partial charge in [0, 0.05) is 5.92 Å². The van der Waals surface area contributed by atoms with Crippen LogP contribution in [0.1, 0.15) is 46.4 Å². The van der Waals surface area contributed by atoms with Crippen molar-refractivity contribution in [3.05, 3.63) is 126 Å². The first-order valence-corrected chi connectivity index (χ1v) is 15.4. The number of carbonyl (C=O) groups excluding carboxylic acids is 3. The summed E-state index contributed by atoms with van der Waals surface area (Å²) >= 11 is 0. The number of nitrogens with zero attached hydrogens (tertiary/aromatic N) is 1. The van der Waals surface area contributed by atoms with Gasteiger partial charge in [0.25, 0.3) is 11.8 Å². The lowest BCUT2D eigenvalue weighted by molar-refractivity contribution is -0.118. The topological polar surface area (TPSA) is 54.5 Å². The van der Waals surface area contributed by atoms with Crippen LogP contribution in [0.25, 0.3) is 0 Å². The van der Waals surface area contributed by atoms with E-state index in [9.17, 15) is 14.4 Å². The Morgan fingerprint density at radius 2 is 1.03 bits per heavy atom. The second-order valence-corrected chi connectivity index (χ2v) is 13.5. The van der Waals surface area contributed by atoms with Gasteiger partial charge >= 0.3 is 0 Å². The number of carbonyl (C=O) groups is 3. The van der Waals surface area contributed by atoms with E-state index in [1.54, 1.807) is 24.3 Å². The lowest BCUT2D eigenvalue weighted by Crippen LogP contribution is -2.48. The number of ketones is 1. The van der Waals surface area contributed by atoms with E-state index in [2.05, 4.69) is 36.4 Å². The van der Waals surface area contributed by atoms with E-state index in [0.717, 1.165) is 28.8 Å². The van der Waals surface area contributed by atoms with Crippen molar-refractivity contribution in [2.45, 2.75) is 31.7 Å². The van der Waals surface area contributed by atoms with Crippen molar-refractivity contribution in [2.75, 3.05) is 0 Å². The standard InChI is InChI=1S/C34H30NO3P/c36-32(30-22-12-13-23-31(30)35-33(37)28-20-10-11-21-29(28)34(35)38)24-39(25-14-4-1-5-15-25,26-16-6-2-7-17-26)27-18-8-3-9-19-27/h1-11,14-21,24,30-31H,12-13,22-23H2/t30-,31-/m1/s1. The maximum Gasteiger partial charge on any atom is 0.261 e. The molecule has 0 unspecified atom stereocenters.